The molecule has 0 saturated carbocycles. The van der Waals surface area contributed by atoms with Crippen LogP contribution in [0.1, 0.15) is 36.5 Å². The monoisotopic (exact) mass is 333 g/mol. The Labute approximate surface area is 119 Å². The van der Waals surface area contributed by atoms with Crippen LogP contribution in [-0.4, -0.2) is 23.8 Å². The second-order valence-electron chi connectivity index (χ2n) is 3.58. The number of hydrogen-bond acceptors (Lipinski definition) is 4. The normalized spacial score (nSPS) is 10.1. The maximum atomic E-state index is 11.6. The molecular weight excluding hydrogens is 318 g/mol. The van der Waals surface area contributed by atoms with Gasteiger partial charge >= 0.3 is 5.97 Å². The van der Waals surface area contributed by atoms with Gasteiger partial charge in [0.15, 0.2) is 0 Å². The van der Waals surface area contributed by atoms with Gasteiger partial charge < -0.3 is 10.1 Å². The average molecular weight is 334 g/mol. The summed E-state index contributed by atoms with van der Waals surface area (Å²) in [6.07, 6.45) is 2.26. The Hall–Kier alpha value is -0.880. The molecule has 1 aromatic rings. The van der Waals surface area contributed by atoms with Crippen LogP contribution in [0.15, 0.2) is 11.4 Å². The van der Waals surface area contributed by atoms with E-state index in [1.807, 2.05) is 0 Å². The molecule has 100 valence electrons. The molecule has 6 heteroatoms. The number of halogens is 1. The number of unbranched alkanes of at least 4 members (excludes halogenated alkanes) is 1. The number of anilines is 1. The fraction of sp³-hybridized carbons (Fsp3) is 0.500. The quantitative estimate of drug-likeness (QED) is 0.472. The van der Waals surface area contributed by atoms with Gasteiger partial charge in [0.05, 0.1) is 12.2 Å². The van der Waals surface area contributed by atoms with Gasteiger partial charge in [0.25, 0.3) is 0 Å². The van der Waals surface area contributed by atoms with Crippen molar-refractivity contribution in [2.45, 2.75) is 26.2 Å². The zero-order chi connectivity index (χ0) is 13.4. The summed E-state index contributed by atoms with van der Waals surface area (Å²) in [5.41, 5.74) is 0.427. The molecule has 0 unspecified atom stereocenters. The molecule has 1 heterocycles. The highest BCUT2D eigenvalue weighted by atomic mass is 79.9. The molecule has 18 heavy (non-hydrogen) atoms. The number of hydrogen-bond donors (Lipinski definition) is 1. The minimum absolute atomic E-state index is 0.0658. The molecule has 1 amide bonds. The number of esters is 1. The third-order valence-electron chi connectivity index (χ3n) is 2.20. The van der Waals surface area contributed by atoms with Crippen molar-refractivity contribution in [3.8, 4) is 0 Å². The van der Waals surface area contributed by atoms with Gasteiger partial charge in [0, 0.05) is 11.8 Å². The molecule has 0 aromatic carbocycles. The van der Waals surface area contributed by atoms with Gasteiger partial charge in [0.2, 0.25) is 5.91 Å². The number of carbonyl (C=O) groups excluding carboxylic acids is 2. The molecule has 0 radical (unpaired) electrons. The minimum Gasteiger partial charge on any atom is -0.462 e. The van der Waals surface area contributed by atoms with Crippen LogP contribution >= 0.6 is 27.3 Å². The van der Waals surface area contributed by atoms with E-state index >= 15 is 0 Å². The third-order valence-corrected chi connectivity index (χ3v) is 3.59. The van der Waals surface area contributed by atoms with Crippen molar-refractivity contribution in [2.24, 2.45) is 0 Å². The SMILES string of the molecule is CCOC(=O)c1ccsc1NC(=O)CCCCBr. The average Bonchev–Trinajstić information content (AvgIpc) is 2.78. The largest absolute Gasteiger partial charge is 0.462 e. The number of alkyl halides is 1. The van der Waals surface area contributed by atoms with Crippen LogP contribution in [0.5, 0.6) is 0 Å². The number of rotatable bonds is 7. The Balaban J connectivity index is 2.54. The first-order valence-electron chi connectivity index (χ1n) is 5.79. The Morgan fingerprint density at radius 3 is 2.89 bits per heavy atom. The zero-order valence-corrected chi connectivity index (χ0v) is 12.6. The highest BCUT2D eigenvalue weighted by Gasteiger charge is 2.15. The molecule has 0 atom stereocenters. The van der Waals surface area contributed by atoms with Crippen molar-refractivity contribution in [1.82, 2.24) is 0 Å². The first-order chi connectivity index (χ1) is 8.69. The van der Waals surface area contributed by atoms with Crippen LogP contribution < -0.4 is 5.32 Å². The molecule has 1 N–H and O–H groups in total. The fourth-order valence-electron chi connectivity index (χ4n) is 1.34. The van der Waals surface area contributed by atoms with Crippen LogP contribution in [0.2, 0.25) is 0 Å². The van der Waals surface area contributed by atoms with Crippen molar-refractivity contribution < 1.29 is 14.3 Å². The first kappa shape index (κ1) is 15.2. The molecule has 0 saturated heterocycles. The van der Waals surface area contributed by atoms with E-state index in [9.17, 15) is 9.59 Å². The van der Waals surface area contributed by atoms with Crippen LogP contribution in [0.4, 0.5) is 5.00 Å². The molecule has 0 fully saturated rings. The Morgan fingerprint density at radius 1 is 1.44 bits per heavy atom. The summed E-state index contributed by atoms with van der Waals surface area (Å²) < 4.78 is 4.92. The molecule has 4 nitrogen and oxygen atoms in total. The summed E-state index contributed by atoms with van der Waals surface area (Å²) in [5, 5.41) is 5.98. The number of amides is 1. The van der Waals surface area contributed by atoms with Gasteiger partial charge in [-0.1, -0.05) is 15.9 Å². The Bertz CT molecular complexity index is 406. The van der Waals surface area contributed by atoms with E-state index < -0.39 is 5.97 Å². The molecule has 0 aliphatic heterocycles. The highest BCUT2D eigenvalue weighted by Crippen LogP contribution is 2.24. The summed E-state index contributed by atoms with van der Waals surface area (Å²) in [5.74, 6) is -0.460. The van der Waals surface area contributed by atoms with E-state index in [4.69, 9.17) is 4.74 Å². The van der Waals surface area contributed by atoms with Crippen molar-refractivity contribution in [3.63, 3.8) is 0 Å². The van der Waals surface area contributed by atoms with E-state index in [1.54, 1.807) is 18.4 Å². The molecular formula is C12H16BrNO3S. The Morgan fingerprint density at radius 2 is 2.22 bits per heavy atom. The molecule has 1 aromatic heterocycles. The van der Waals surface area contributed by atoms with Gasteiger partial charge in [-0.3, -0.25) is 4.79 Å². The van der Waals surface area contributed by atoms with Crippen molar-refractivity contribution in [2.75, 3.05) is 17.3 Å². The highest BCUT2D eigenvalue weighted by molar-refractivity contribution is 9.09. The smallest absolute Gasteiger partial charge is 0.341 e. The van der Waals surface area contributed by atoms with Crippen LogP contribution in [0.25, 0.3) is 0 Å². The molecule has 0 aliphatic carbocycles. The second-order valence-corrected chi connectivity index (χ2v) is 5.29. The zero-order valence-electron chi connectivity index (χ0n) is 10.2. The van der Waals surface area contributed by atoms with E-state index in [0.29, 0.717) is 23.6 Å². The Kier molecular flexibility index (Phi) is 6.97. The lowest BCUT2D eigenvalue weighted by Crippen LogP contribution is -2.13. The van der Waals surface area contributed by atoms with Crippen molar-refractivity contribution in [3.05, 3.63) is 17.0 Å². The second kappa shape index (κ2) is 8.26. The predicted octanol–water partition coefficient (Wildman–Crippen LogP) is 3.43. The van der Waals surface area contributed by atoms with Crippen LogP contribution in [0.3, 0.4) is 0 Å². The summed E-state index contributed by atoms with van der Waals surface area (Å²) in [6, 6.07) is 1.66. The summed E-state index contributed by atoms with van der Waals surface area (Å²) in [4.78, 5) is 23.2. The van der Waals surface area contributed by atoms with Gasteiger partial charge in [0.1, 0.15) is 5.00 Å². The first-order valence-corrected chi connectivity index (χ1v) is 7.79. The van der Waals surface area contributed by atoms with Crippen molar-refractivity contribution in [1.29, 1.82) is 0 Å². The summed E-state index contributed by atoms with van der Waals surface area (Å²) in [7, 11) is 0. The van der Waals surface area contributed by atoms with Gasteiger partial charge in [-0.2, -0.15) is 0 Å². The predicted molar refractivity (Wildman–Crippen MR) is 76.6 cm³/mol. The van der Waals surface area contributed by atoms with Crippen LogP contribution in [0, 0.1) is 0 Å². The molecule has 0 spiro atoms. The van der Waals surface area contributed by atoms with Gasteiger partial charge in [-0.05, 0) is 31.2 Å². The number of ether oxygens (including phenoxy) is 1. The fourth-order valence-corrected chi connectivity index (χ4v) is 2.53. The van der Waals surface area contributed by atoms with Gasteiger partial charge in [-0.15, -0.1) is 11.3 Å². The van der Waals surface area contributed by atoms with Crippen LogP contribution in [-0.2, 0) is 9.53 Å². The van der Waals surface area contributed by atoms with E-state index in [1.165, 1.54) is 11.3 Å². The lowest BCUT2D eigenvalue weighted by atomic mass is 10.2. The summed E-state index contributed by atoms with van der Waals surface area (Å²) in [6.45, 7) is 2.08. The van der Waals surface area contributed by atoms with E-state index in [0.717, 1.165) is 18.2 Å². The standard InChI is InChI=1S/C12H16BrNO3S/c1-2-17-12(16)9-6-8-18-11(9)14-10(15)5-3-4-7-13/h6,8H,2-5,7H2,1H3,(H,14,15). The number of thiophene rings is 1. The topological polar surface area (TPSA) is 55.4 Å². The molecule has 1 rings (SSSR count). The van der Waals surface area contributed by atoms with Crippen molar-refractivity contribution >= 4 is 44.1 Å². The maximum Gasteiger partial charge on any atom is 0.341 e. The minimum atomic E-state index is -0.394. The summed E-state index contributed by atoms with van der Waals surface area (Å²) >= 11 is 4.65. The van der Waals surface area contributed by atoms with Gasteiger partial charge in [-0.25, -0.2) is 4.79 Å². The van der Waals surface area contributed by atoms with E-state index in [2.05, 4.69) is 21.2 Å². The van der Waals surface area contributed by atoms with E-state index in [-0.39, 0.29) is 5.91 Å². The lowest BCUT2D eigenvalue weighted by Gasteiger charge is -2.05. The molecule has 0 bridgehead atoms. The lowest BCUT2D eigenvalue weighted by molar-refractivity contribution is -0.116. The molecule has 0 aliphatic rings. The maximum absolute atomic E-state index is 11.6. The number of carbonyl (C=O) groups is 2. The number of nitrogens with one attached hydrogen (secondary N) is 1. The third kappa shape index (κ3) is 4.78.